The van der Waals surface area contributed by atoms with Gasteiger partial charge in [0, 0.05) is 26.7 Å². The molecule has 0 bridgehead atoms. The Morgan fingerprint density at radius 3 is 2.58 bits per heavy atom. The number of halogens is 2. The molecule has 0 heterocycles. The molecule has 26 heavy (non-hydrogen) atoms. The van der Waals surface area contributed by atoms with Crippen molar-refractivity contribution in [1.29, 1.82) is 0 Å². The first-order valence-corrected chi connectivity index (χ1v) is 8.86. The molecular weight excluding hydrogens is 446 g/mol. The number of hydrogen-bond donors (Lipinski definition) is 2. The van der Waals surface area contributed by atoms with Crippen molar-refractivity contribution < 1.29 is 9.13 Å². The molecule has 0 radical (unpaired) electrons. The zero-order valence-corrected chi connectivity index (χ0v) is 19.1. The molecule has 1 aromatic carbocycles. The number of benzene rings is 1. The fraction of sp³-hybridized carbons (Fsp3) is 0.632. The van der Waals surface area contributed by atoms with Crippen LogP contribution in [-0.2, 0) is 4.74 Å². The monoisotopic (exact) mass is 480 g/mol. The Kier molecular flexibility index (Phi) is 12.8. The van der Waals surface area contributed by atoms with Crippen LogP contribution >= 0.6 is 24.0 Å². The molecule has 1 aromatic rings. The van der Waals surface area contributed by atoms with Crippen molar-refractivity contribution in [1.82, 2.24) is 15.5 Å². The third-order valence-electron chi connectivity index (χ3n) is 4.07. The molecule has 0 aliphatic carbocycles. The van der Waals surface area contributed by atoms with Crippen LogP contribution in [-0.4, -0.2) is 57.8 Å². The summed E-state index contributed by atoms with van der Waals surface area (Å²) in [5, 5.41) is 6.60. The van der Waals surface area contributed by atoms with Crippen molar-refractivity contribution in [3.05, 3.63) is 35.1 Å². The molecule has 0 saturated carbocycles. The van der Waals surface area contributed by atoms with Crippen molar-refractivity contribution in [3.8, 4) is 0 Å². The lowest BCUT2D eigenvalue weighted by atomic mass is 10.1. The van der Waals surface area contributed by atoms with Crippen molar-refractivity contribution in [2.75, 3.05) is 40.8 Å². The Morgan fingerprint density at radius 2 is 2.04 bits per heavy atom. The molecule has 0 aliphatic rings. The van der Waals surface area contributed by atoms with Gasteiger partial charge in [0.05, 0.1) is 12.1 Å². The van der Waals surface area contributed by atoms with Gasteiger partial charge in [-0.2, -0.15) is 0 Å². The van der Waals surface area contributed by atoms with E-state index in [4.69, 9.17) is 4.74 Å². The molecular formula is C19H34FIN4O. The number of nitrogens with one attached hydrogen (secondary N) is 2. The topological polar surface area (TPSA) is 48.9 Å². The van der Waals surface area contributed by atoms with Gasteiger partial charge in [0.1, 0.15) is 5.82 Å². The predicted molar refractivity (Wildman–Crippen MR) is 118 cm³/mol. The Hall–Kier alpha value is -0.930. The number of hydrogen-bond acceptors (Lipinski definition) is 3. The molecule has 2 unspecified atom stereocenters. The lowest BCUT2D eigenvalue weighted by Gasteiger charge is -2.23. The summed E-state index contributed by atoms with van der Waals surface area (Å²) in [5.74, 6) is 0.497. The smallest absolute Gasteiger partial charge is 0.191 e. The Morgan fingerprint density at radius 1 is 1.35 bits per heavy atom. The van der Waals surface area contributed by atoms with Crippen LogP contribution in [0.15, 0.2) is 23.2 Å². The first kappa shape index (κ1) is 25.1. The second-order valence-corrected chi connectivity index (χ2v) is 6.50. The molecule has 0 amide bonds. The van der Waals surface area contributed by atoms with E-state index in [9.17, 15) is 4.39 Å². The highest BCUT2D eigenvalue weighted by atomic mass is 127. The van der Waals surface area contributed by atoms with Gasteiger partial charge in [-0.05, 0) is 58.5 Å². The minimum absolute atomic E-state index is 0. The second-order valence-electron chi connectivity index (χ2n) is 6.50. The zero-order valence-electron chi connectivity index (χ0n) is 16.8. The summed E-state index contributed by atoms with van der Waals surface area (Å²) >= 11 is 0. The van der Waals surface area contributed by atoms with E-state index in [0.717, 1.165) is 18.5 Å². The lowest BCUT2D eigenvalue weighted by Crippen LogP contribution is -2.43. The van der Waals surface area contributed by atoms with E-state index in [1.807, 2.05) is 19.9 Å². The van der Waals surface area contributed by atoms with Gasteiger partial charge in [0.15, 0.2) is 5.96 Å². The number of rotatable bonds is 9. The first-order valence-electron chi connectivity index (χ1n) is 8.86. The molecule has 150 valence electrons. The van der Waals surface area contributed by atoms with Gasteiger partial charge in [0.25, 0.3) is 0 Å². The standard InChI is InChI=1S/C19H33FN4O.HI/c1-7-25-17(10-11-24(5)6)13-22-19(21-4)23-15(3)16-9-8-14(2)18(20)12-16;/h8-9,12,15,17H,7,10-11,13H2,1-6H3,(H2,21,22,23);1H. The summed E-state index contributed by atoms with van der Waals surface area (Å²) in [6.45, 7) is 8.09. The summed E-state index contributed by atoms with van der Waals surface area (Å²) < 4.78 is 19.5. The van der Waals surface area contributed by atoms with E-state index in [2.05, 4.69) is 34.6 Å². The number of ether oxygens (including phenoxy) is 1. The lowest BCUT2D eigenvalue weighted by molar-refractivity contribution is 0.0548. The second kappa shape index (κ2) is 13.3. The number of aliphatic imine (C=N–C) groups is 1. The van der Waals surface area contributed by atoms with Crippen LogP contribution in [0.2, 0.25) is 0 Å². The molecule has 0 saturated heterocycles. The van der Waals surface area contributed by atoms with Crippen LogP contribution in [0.5, 0.6) is 0 Å². The molecule has 0 fully saturated rings. The SMILES string of the molecule is CCOC(CCN(C)C)CNC(=NC)NC(C)c1ccc(C)c(F)c1.I. The predicted octanol–water partition coefficient (Wildman–Crippen LogP) is 3.33. The van der Waals surface area contributed by atoms with Crippen LogP contribution in [0.3, 0.4) is 0 Å². The zero-order chi connectivity index (χ0) is 18.8. The van der Waals surface area contributed by atoms with Gasteiger partial charge >= 0.3 is 0 Å². The number of aryl methyl sites for hydroxylation is 1. The maximum absolute atomic E-state index is 13.8. The third-order valence-corrected chi connectivity index (χ3v) is 4.07. The summed E-state index contributed by atoms with van der Waals surface area (Å²) in [4.78, 5) is 6.40. The molecule has 0 aromatic heterocycles. The average molecular weight is 480 g/mol. The third kappa shape index (κ3) is 9.14. The minimum atomic E-state index is -0.186. The number of nitrogens with zero attached hydrogens (tertiary/aromatic N) is 2. The Labute approximate surface area is 174 Å². The molecule has 2 N–H and O–H groups in total. The average Bonchev–Trinajstić information content (AvgIpc) is 2.58. The molecule has 0 spiro atoms. The van der Waals surface area contributed by atoms with Gasteiger partial charge in [-0.15, -0.1) is 24.0 Å². The van der Waals surface area contributed by atoms with Gasteiger partial charge < -0.3 is 20.3 Å². The normalized spacial score (nSPS) is 13.9. The van der Waals surface area contributed by atoms with E-state index in [1.54, 1.807) is 26.1 Å². The maximum Gasteiger partial charge on any atom is 0.191 e. The van der Waals surface area contributed by atoms with Crippen molar-refractivity contribution in [2.24, 2.45) is 4.99 Å². The van der Waals surface area contributed by atoms with E-state index in [1.165, 1.54) is 0 Å². The summed E-state index contributed by atoms with van der Waals surface area (Å²) in [6, 6.07) is 5.25. The summed E-state index contributed by atoms with van der Waals surface area (Å²) in [6.07, 6.45) is 1.07. The quantitative estimate of drug-likeness (QED) is 0.324. The summed E-state index contributed by atoms with van der Waals surface area (Å²) in [7, 11) is 5.84. The van der Waals surface area contributed by atoms with Crippen LogP contribution in [0.4, 0.5) is 4.39 Å². The van der Waals surface area contributed by atoms with Gasteiger partial charge in [-0.3, -0.25) is 4.99 Å². The molecule has 7 heteroatoms. The van der Waals surface area contributed by atoms with Gasteiger partial charge in [0.2, 0.25) is 0 Å². The number of guanidine groups is 1. The molecule has 5 nitrogen and oxygen atoms in total. The van der Waals surface area contributed by atoms with Crippen LogP contribution in [0.25, 0.3) is 0 Å². The van der Waals surface area contributed by atoms with E-state index in [0.29, 0.717) is 24.7 Å². The van der Waals surface area contributed by atoms with Gasteiger partial charge in [-0.25, -0.2) is 4.39 Å². The molecule has 1 rings (SSSR count). The van der Waals surface area contributed by atoms with Crippen molar-refractivity contribution in [2.45, 2.75) is 39.3 Å². The van der Waals surface area contributed by atoms with E-state index >= 15 is 0 Å². The highest BCUT2D eigenvalue weighted by molar-refractivity contribution is 14.0. The van der Waals surface area contributed by atoms with Crippen molar-refractivity contribution in [3.63, 3.8) is 0 Å². The minimum Gasteiger partial charge on any atom is -0.377 e. The molecule has 0 aliphatic heterocycles. The maximum atomic E-state index is 13.8. The largest absolute Gasteiger partial charge is 0.377 e. The van der Waals surface area contributed by atoms with Crippen LogP contribution in [0.1, 0.15) is 37.4 Å². The first-order chi connectivity index (χ1) is 11.9. The summed E-state index contributed by atoms with van der Waals surface area (Å²) in [5.41, 5.74) is 1.54. The fourth-order valence-electron chi connectivity index (χ4n) is 2.45. The highest BCUT2D eigenvalue weighted by Gasteiger charge is 2.13. The van der Waals surface area contributed by atoms with Crippen molar-refractivity contribution >= 4 is 29.9 Å². The van der Waals surface area contributed by atoms with Crippen LogP contribution in [0, 0.1) is 12.7 Å². The Balaban J connectivity index is 0.00000625. The fourth-order valence-corrected chi connectivity index (χ4v) is 2.45. The highest BCUT2D eigenvalue weighted by Crippen LogP contribution is 2.16. The Bertz CT molecular complexity index is 554. The van der Waals surface area contributed by atoms with Gasteiger partial charge in [-0.1, -0.05) is 12.1 Å². The van der Waals surface area contributed by atoms with Crippen LogP contribution < -0.4 is 10.6 Å². The van der Waals surface area contributed by atoms with E-state index in [-0.39, 0.29) is 41.9 Å². The molecule has 2 atom stereocenters. The van der Waals surface area contributed by atoms with E-state index < -0.39 is 0 Å².